The van der Waals surface area contributed by atoms with Crippen molar-refractivity contribution in [2.24, 2.45) is 5.92 Å². The molecule has 1 aromatic carbocycles. The molecular formula is C17H27N3O. The van der Waals surface area contributed by atoms with Crippen LogP contribution in [0.3, 0.4) is 0 Å². The van der Waals surface area contributed by atoms with Gasteiger partial charge < -0.3 is 15.1 Å². The summed E-state index contributed by atoms with van der Waals surface area (Å²) in [6.07, 6.45) is 2.12. The lowest BCUT2D eigenvalue weighted by atomic mass is 9.98. The second kappa shape index (κ2) is 7.46. The lowest BCUT2D eigenvalue weighted by Gasteiger charge is -2.29. The number of hydrogen-bond acceptors (Lipinski definition) is 3. The minimum atomic E-state index is 0.153. The molecule has 0 saturated carbocycles. The molecule has 0 aliphatic carbocycles. The average Bonchev–Trinajstić information content (AvgIpc) is 2.53. The summed E-state index contributed by atoms with van der Waals surface area (Å²) < 4.78 is 0. The number of carbonyl (C=O) groups excluding carboxylic acids is 1. The zero-order valence-corrected chi connectivity index (χ0v) is 13.4. The van der Waals surface area contributed by atoms with Crippen molar-refractivity contribution in [1.29, 1.82) is 0 Å². The Bertz CT molecular complexity index is 450. The monoisotopic (exact) mass is 289 g/mol. The maximum Gasteiger partial charge on any atom is 0.227 e. The van der Waals surface area contributed by atoms with E-state index in [-0.39, 0.29) is 5.92 Å². The van der Waals surface area contributed by atoms with Gasteiger partial charge in [-0.25, -0.2) is 0 Å². The molecule has 1 N–H and O–H groups in total. The van der Waals surface area contributed by atoms with Crippen molar-refractivity contribution in [3.63, 3.8) is 0 Å². The number of nitrogens with zero attached hydrogens (tertiary/aromatic N) is 2. The average molecular weight is 289 g/mol. The molecule has 0 aromatic heterocycles. The third kappa shape index (κ3) is 4.21. The molecule has 116 valence electrons. The Labute approximate surface area is 128 Å². The lowest BCUT2D eigenvalue weighted by Crippen LogP contribution is -2.42. The van der Waals surface area contributed by atoms with Gasteiger partial charge in [-0.2, -0.15) is 0 Å². The first-order chi connectivity index (χ1) is 10.1. The van der Waals surface area contributed by atoms with Crippen LogP contribution in [0.5, 0.6) is 0 Å². The molecule has 0 unspecified atom stereocenters. The highest BCUT2D eigenvalue weighted by Crippen LogP contribution is 2.17. The van der Waals surface area contributed by atoms with Crippen LogP contribution in [0.2, 0.25) is 0 Å². The molecule has 0 bridgehead atoms. The van der Waals surface area contributed by atoms with E-state index in [1.165, 1.54) is 11.3 Å². The van der Waals surface area contributed by atoms with E-state index in [9.17, 15) is 4.79 Å². The van der Waals surface area contributed by atoms with Crippen molar-refractivity contribution in [1.82, 2.24) is 10.2 Å². The molecule has 1 aliphatic rings. The summed E-state index contributed by atoms with van der Waals surface area (Å²) >= 11 is 0. The van der Waals surface area contributed by atoms with Crippen LogP contribution in [0.15, 0.2) is 24.3 Å². The number of anilines is 1. The Kier molecular flexibility index (Phi) is 5.62. The molecule has 1 atom stereocenters. The normalized spacial score (nSPS) is 18.3. The van der Waals surface area contributed by atoms with Crippen LogP contribution in [0.25, 0.3) is 0 Å². The zero-order valence-electron chi connectivity index (χ0n) is 13.4. The first-order valence-corrected chi connectivity index (χ1v) is 7.87. The van der Waals surface area contributed by atoms with E-state index >= 15 is 0 Å². The van der Waals surface area contributed by atoms with Crippen molar-refractivity contribution in [3.8, 4) is 0 Å². The van der Waals surface area contributed by atoms with E-state index in [0.717, 1.165) is 32.5 Å². The molecule has 4 nitrogen and oxygen atoms in total. The molecule has 1 aromatic rings. The molecule has 2 rings (SSSR count). The van der Waals surface area contributed by atoms with Crippen molar-refractivity contribution < 1.29 is 4.79 Å². The Morgan fingerprint density at radius 3 is 2.52 bits per heavy atom. The van der Waals surface area contributed by atoms with E-state index in [1.807, 2.05) is 19.0 Å². The van der Waals surface area contributed by atoms with Gasteiger partial charge in [0, 0.05) is 39.4 Å². The SMILES string of the molecule is CCN(Cc1ccc(N(C)C)cc1)C(=O)[C@@H]1CCCNC1. The summed E-state index contributed by atoms with van der Waals surface area (Å²) in [6, 6.07) is 8.44. The number of amides is 1. The zero-order chi connectivity index (χ0) is 15.2. The molecule has 21 heavy (non-hydrogen) atoms. The van der Waals surface area contributed by atoms with Gasteiger partial charge in [-0.1, -0.05) is 12.1 Å². The minimum Gasteiger partial charge on any atom is -0.378 e. The third-order valence-electron chi connectivity index (χ3n) is 4.17. The van der Waals surface area contributed by atoms with Crippen molar-refractivity contribution in [2.45, 2.75) is 26.3 Å². The number of hydrogen-bond donors (Lipinski definition) is 1. The van der Waals surface area contributed by atoms with Crippen molar-refractivity contribution in [3.05, 3.63) is 29.8 Å². The maximum atomic E-state index is 12.6. The Balaban J connectivity index is 1.99. The van der Waals surface area contributed by atoms with Gasteiger partial charge in [0.25, 0.3) is 0 Å². The second-order valence-electron chi connectivity index (χ2n) is 5.96. The van der Waals surface area contributed by atoms with Crippen LogP contribution >= 0.6 is 0 Å². The minimum absolute atomic E-state index is 0.153. The summed E-state index contributed by atoms with van der Waals surface area (Å²) in [6.45, 7) is 5.41. The molecule has 1 aliphatic heterocycles. The number of benzene rings is 1. The van der Waals surface area contributed by atoms with Crippen LogP contribution in [0.1, 0.15) is 25.3 Å². The highest BCUT2D eigenvalue weighted by molar-refractivity contribution is 5.79. The summed E-state index contributed by atoms with van der Waals surface area (Å²) in [5.41, 5.74) is 2.38. The van der Waals surface area contributed by atoms with Crippen LogP contribution < -0.4 is 10.2 Å². The van der Waals surface area contributed by atoms with Crippen LogP contribution in [0, 0.1) is 5.92 Å². The lowest BCUT2D eigenvalue weighted by molar-refractivity contribution is -0.136. The standard InChI is InChI=1S/C17H27N3O/c1-4-20(17(21)15-6-5-11-18-12-15)13-14-7-9-16(10-8-14)19(2)3/h7-10,15,18H,4-6,11-13H2,1-3H3/t15-/m1/s1. The Hall–Kier alpha value is -1.55. The fourth-order valence-electron chi connectivity index (χ4n) is 2.79. The van der Waals surface area contributed by atoms with Gasteiger partial charge in [-0.3, -0.25) is 4.79 Å². The Morgan fingerprint density at radius 2 is 2.00 bits per heavy atom. The second-order valence-corrected chi connectivity index (χ2v) is 5.96. The van der Waals surface area contributed by atoms with E-state index in [1.54, 1.807) is 0 Å². The van der Waals surface area contributed by atoms with Gasteiger partial charge in [0.2, 0.25) is 5.91 Å². The molecule has 1 fully saturated rings. The first-order valence-electron chi connectivity index (χ1n) is 7.87. The maximum absolute atomic E-state index is 12.6. The number of rotatable bonds is 5. The summed E-state index contributed by atoms with van der Waals surface area (Å²) in [5.74, 6) is 0.445. The van der Waals surface area contributed by atoms with Gasteiger partial charge in [0.15, 0.2) is 0 Å². The number of piperidine rings is 1. The number of nitrogens with one attached hydrogen (secondary N) is 1. The van der Waals surface area contributed by atoms with Crippen LogP contribution in [0.4, 0.5) is 5.69 Å². The predicted molar refractivity (Wildman–Crippen MR) is 87.5 cm³/mol. The molecule has 0 radical (unpaired) electrons. The van der Waals surface area contributed by atoms with E-state index in [0.29, 0.717) is 12.5 Å². The van der Waals surface area contributed by atoms with E-state index < -0.39 is 0 Å². The molecule has 1 amide bonds. The third-order valence-corrected chi connectivity index (χ3v) is 4.17. The Morgan fingerprint density at radius 1 is 1.29 bits per heavy atom. The predicted octanol–water partition coefficient (Wildman–Crippen LogP) is 2.10. The van der Waals surface area contributed by atoms with Gasteiger partial charge in [-0.15, -0.1) is 0 Å². The number of carbonyl (C=O) groups is 1. The summed E-state index contributed by atoms with van der Waals surface area (Å²) in [5, 5.41) is 3.33. The van der Waals surface area contributed by atoms with Crippen molar-refractivity contribution >= 4 is 11.6 Å². The fraction of sp³-hybridized carbons (Fsp3) is 0.588. The molecule has 0 spiro atoms. The van der Waals surface area contributed by atoms with Crippen LogP contribution in [-0.2, 0) is 11.3 Å². The van der Waals surface area contributed by atoms with Gasteiger partial charge >= 0.3 is 0 Å². The fourth-order valence-corrected chi connectivity index (χ4v) is 2.79. The smallest absolute Gasteiger partial charge is 0.227 e. The topological polar surface area (TPSA) is 35.6 Å². The molecule has 1 saturated heterocycles. The summed E-state index contributed by atoms with van der Waals surface area (Å²) in [4.78, 5) is 16.6. The highest BCUT2D eigenvalue weighted by atomic mass is 16.2. The molecular weight excluding hydrogens is 262 g/mol. The molecule has 1 heterocycles. The van der Waals surface area contributed by atoms with Crippen molar-refractivity contribution in [2.75, 3.05) is 38.6 Å². The highest BCUT2D eigenvalue weighted by Gasteiger charge is 2.25. The molecule has 4 heteroatoms. The van der Waals surface area contributed by atoms with Gasteiger partial charge in [0.05, 0.1) is 5.92 Å². The largest absolute Gasteiger partial charge is 0.378 e. The summed E-state index contributed by atoms with van der Waals surface area (Å²) in [7, 11) is 4.07. The quantitative estimate of drug-likeness (QED) is 0.901. The first kappa shape index (κ1) is 15.8. The van der Waals surface area contributed by atoms with E-state index in [2.05, 4.69) is 41.4 Å². The van der Waals surface area contributed by atoms with E-state index in [4.69, 9.17) is 0 Å². The van der Waals surface area contributed by atoms with Crippen LogP contribution in [-0.4, -0.2) is 44.5 Å². The van der Waals surface area contributed by atoms with Gasteiger partial charge in [0.1, 0.15) is 0 Å². The van der Waals surface area contributed by atoms with Gasteiger partial charge in [-0.05, 0) is 44.0 Å².